The van der Waals surface area contributed by atoms with Gasteiger partial charge >= 0.3 is 6.03 Å². The molecule has 3 amide bonds. The molecule has 0 aliphatic carbocycles. The molecule has 0 aromatic heterocycles. The summed E-state index contributed by atoms with van der Waals surface area (Å²) in [5.74, 6) is 0.0193. The lowest BCUT2D eigenvalue weighted by Gasteiger charge is -2.39. The number of nitrogens with two attached hydrogens (primary N) is 1. The van der Waals surface area contributed by atoms with E-state index in [0.29, 0.717) is 13.1 Å². The van der Waals surface area contributed by atoms with Crippen LogP contribution in [0.15, 0.2) is 18.2 Å². The van der Waals surface area contributed by atoms with E-state index >= 15 is 0 Å². The Morgan fingerprint density at radius 1 is 1.20 bits per heavy atom. The average Bonchev–Trinajstić information content (AvgIpc) is 2.61. The summed E-state index contributed by atoms with van der Waals surface area (Å²) in [5, 5.41) is 2.62. The molecule has 1 heterocycles. The highest BCUT2D eigenvalue weighted by atomic mass is 16.2. The standard InChI is InChI=1S/C19H30N4O2/c1-5-13(2)17(21-19(20)25)18(24)23-11-9-22(10-12-23)16-8-6-7-14(3)15(16)4/h6-8,13,17H,5,9-12H2,1-4H3,(H3,20,21,25)/t13-,17+/m1/s1. The number of nitrogens with one attached hydrogen (secondary N) is 1. The summed E-state index contributed by atoms with van der Waals surface area (Å²) >= 11 is 0. The quantitative estimate of drug-likeness (QED) is 0.856. The third-order valence-electron chi connectivity index (χ3n) is 5.28. The number of nitrogens with zero attached hydrogens (tertiary/aromatic N) is 2. The van der Waals surface area contributed by atoms with Crippen LogP contribution in [0.2, 0.25) is 0 Å². The lowest BCUT2D eigenvalue weighted by atomic mass is 9.97. The molecule has 6 heteroatoms. The van der Waals surface area contributed by atoms with Crippen molar-refractivity contribution in [2.24, 2.45) is 11.7 Å². The SMILES string of the molecule is CC[C@@H](C)[C@H](NC(N)=O)C(=O)N1CCN(c2cccc(C)c2C)CC1. The molecular weight excluding hydrogens is 316 g/mol. The molecule has 1 aliphatic rings. The molecule has 0 saturated carbocycles. The van der Waals surface area contributed by atoms with Gasteiger partial charge in [0.2, 0.25) is 5.91 Å². The number of benzene rings is 1. The zero-order valence-electron chi connectivity index (χ0n) is 15.7. The van der Waals surface area contributed by atoms with E-state index in [9.17, 15) is 9.59 Å². The van der Waals surface area contributed by atoms with Crippen molar-refractivity contribution in [2.75, 3.05) is 31.1 Å². The Kier molecular flexibility index (Phi) is 6.28. The second kappa shape index (κ2) is 8.23. The topological polar surface area (TPSA) is 78.7 Å². The first-order valence-corrected chi connectivity index (χ1v) is 9.01. The van der Waals surface area contributed by atoms with Crippen LogP contribution in [0.5, 0.6) is 0 Å². The van der Waals surface area contributed by atoms with Crippen molar-refractivity contribution in [1.29, 1.82) is 0 Å². The van der Waals surface area contributed by atoms with Gasteiger partial charge in [-0.05, 0) is 37.0 Å². The maximum atomic E-state index is 12.8. The highest BCUT2D eigenvalue weighted by molar-refractivity contribution is 5.87. The van der Waals surface area contributed by atoms with Crippen LogP contribution in [-0.2, 0) is 4.79 Å². The Bertz CT molecular complexity index is 624. The van der Waals surface area contributed by atoms with E-state index in [2.05, 4.69) is 42.3 Å². The number of anilines is 1. The van der Waals surface area contributed by atoms with E-state index in [1.54, 1.807) is 0 Å². The first-order chi connectivity index (χ1) is 11.8. The van der Waals surface area contributed by atoms with Crippen molar-refractivity contribution in [3.05, 3.63) is 29.3 Å². The van der Waals surface area contributed by atoms with Crippen molar-refractivity contribution in [3.63, 3.8) is 0 Å². The molecule has 1 aromatic rings. The van der Waals surface area contributed by atoms with E-state index in [-0.39, 0.29) is 11.8 Å². The molecule has 1 fully saturated rings. The normalized spacial score (nSPS) is 17.1. The maximum Gasteiger partial charge on any atom is 0.312 e. The van der Waals surface area contributed by atoms with Gasteiger partial charge in [0.1, 0.15) is 6.04 Å². The number of carbonyl (C=O) groups excluding carboxylic acids is 2. The molecule has 1 aromatic carbocycles. The van der Waals surface area contributed by atoms with Crippen LogP contribution in [-0.4, -0.2) is 49.1 Å². The Balaban J connectivity index is 2.03. The Morgan fingerprint density at radius 2 is 1.84 bits per heavy atom. The van der Waals surface area contributed by atoms with Crippen molar-refractivity contribution in [1.82, 2.24) is 10.2 Å². The number of rotatable bonds is 5. The number of amides is 3. The lowest BCUT2D eigenvalue weighted by Crippen LogP contribution is -2.57. The van der Waals surface area contributed by atoms with Gasteiger partial charge in [0.25, 0.3) is 0 Å². The average molecular weight is 346 g/mol. The maximum absolute atomic E-state index is 12.8. The van der Waals surface area contributed by atoms with Gasteiger partial charge in [-0.2, -0.15) is 0 Å². The highest BCUT2D eigenvalue weighted by Gasteiger charge is 2.31. The molecule has 0 spiro atoms. The molecule has 1 saturated heterocycles. The summed E-state index contributed by atoms with van der Waals surface area (Å²) in [4.78, 5) is 28.3. The molecule has 138 valence electrons. The van der Waals surface area contributed by atoms with E-state index in [1.807, 2.05) is 18.7 Å². The molecule has 6 nitrogen and oxygen atoms in total. The van der Waals surface area contributed by atoms with Gasteiger partial charge in [0, 0.05) is 31.9 Å². The molecule has 1 aliphatic heterocycles. The van der Waals surface area contributed by atoms with Crippen LogP contribution < -0.4 is 16.0 Å². The van der Waals surface area contributed by atoms with Crippen molar-refractivity contribution >= 4 is 17.6 Å². The fourth-order valence-electron chi connectivity index (χ4n) is 3.28. The second-order valence-electron chi connectivity index (χ2n) is 6.90. The molecule has 2 atom stereocenters. The number of piperazine rings is 1. The molecule has 3 N–H and O–H groups in total. The summed E-state index contributed by atoms with van der Waals surface area (Å²) in [6.07, 6.45) is 0.805. The summed E-state index contributed by atoms with van der Waals surface area (Å²) < 4.78 is 0. The number of primary amides is 1. The van der Waals surface area contributed by atoms with Gasteiger partial charge in [0.05, 0.1) is 0 Å². The van der Waals surface area contributed by atoms with Crippen molar-refractivity contribution < 1.29 is 9.59 Å². The smallest absolute Gasteiger partial charge is 0.312 e. The van der Waals surface area contributed by atoms with Gasteiger partial charge in [-0.15, -0.1) is 0 Å². The third kappa shape index (κ3) is 4.44. The summed E-state index contributed by atoms with van der Waals surface area (Å²) in [5.41, 5.74) is 9.05. The highest BCUT2D eigenvalue weighted by Crippen LogP contribution is 2.24. The van der Waals surface area contributed by atoms with E-state index in [0.717, 1.165) is 19.5 Å². The van der Waals surface area contributed by atoms with E-state index in [1.165, 1.54) is 16.8 Å². The summed E-state index contributed by atoms with van der Waals surface area (Å²) in [7, 11) is 0. The van der Waals surface area contributed by atoms with Gasteiger partial charge < -0.3 is 20.9 Å². The van der Waals surface area contributed by atoms with Crippen LogP contribution in [0.1, 0.15) is 31.4 Å². The predicted molar refractivity (Wildman–Crippen MR) is 101 cm³/mol. The van der Waals surface area contributed by atoms with Gasteiger partial charge in [-0.3, -0.25) is 4.79 Å². The number of aryl methyl sites for hydroxylation is 1. The number of hydrogen-bond donors (Lipinski definition) is 2. The van der Waals surface area contributed by atoms with Crippen molar-refractivity contribution in [2.45, 2.75) is 40.2 Å². The molecule has 0 bridgehead atoms. The Hall–Kier alpha value is -2.24. The van der Waals surface area contributed by atoms with Crippen LogP contribution in [0, 0.1) is 19.8 Å². The largest absolute Gasteiger partial charge is 0.368 e. The minimum absolute atomic E-state index is 0.0336. The molecule has 2 rings (SSSR count). The molecule has 0 radical (unpaired) electrons. The van der Waals surface area contributed by atoms with Crippen LogP contribution in [0.25, 0.3) is 0 Å². The predicted octanol–water partition coefficient (Wildman–Crippen LogP) is 2.04. The van der Waals surface area contributed by atoms with Crippen LogP contribution in [0.4, 0.5) is 10.5 Å². The number of hydrogen-bond acceptors (Lipinski definition) is 3. The first-order valence-electron chi connectivity index (χ1n) is 9.01. The lowest BCUT2D eigenvalue weighted by molar-refractivity contribution is -0.134. The summed E-state index contributed by atoms with van der Waals surface area (Å²) in [6, 6.07) is 5.13. The number of carbonyl (C=O) groups is 2. The monoisotopic (exact) mass is 346 g/mol. The van der Waals surface area contributed by atoms with Crippen molar-refractivity contribution in [3.8, 4) is 0 Å². The zero-order chi connectivity index (χ0) is 18.6. The number of urea groups is 1. The van der Waals surface area contributed by atoms with Crippen LogP contribution >= 0.6 is 0 Å². The molecule has 25 heavy (non-hydrogen) atoms. The molecular formula is C19H30N4O2. The van der Waals surface area contributed by atoms with Gasteiger partial charge in [0.15, 0.2) is 0 Å². The fourth-order valence-corrected chi connectivity index (χ4v) is 3.28. The van der Waals surface area contributed by atoms with E-state index in [4.69, 9.17) is 5.73 Å². The minimum atomic E-state index is -0.646. The van der Waals surface area contributed by atoms with Gasteiger partial charge in [-0.25, -0.2) is 4.79 Å². The second-order valence-corrected chi connectivity index (χ2v) is 6.90. The minimum Gasteiger partial charge on any atom is -0.368 e. The molecule has 0 unspecified atom stereocenters. The van der Waals surface area contributed by atoms with Gasteiger partial charge in [-0.1, -0.05) is 32.4 Å². The van der Waals surface area contributed by atoms with E-state index < -0.39 is 12.1 Å². The van der Waals surface area contributed by atoms with Crippen LogP contribution in [0.3, 0.4) is 0 Å². The Morgan fingerprint density at radius 3 is 2.40 bits per heavy atom. The third-order valence-corrected chi connectivity index (χ3v) is 5.28. The Labute approximate surface area is 150 Å². The fraction of sp³-hybridized carbons (Fsp3) is 0.579. The first kappa shape index (κ1) is 19.1. The summed E-state index contributed by atoms with van der Waals surface area (Å²) in [6.45, 7) is 11.1. The zero-order valence-corrected chi connectivity index (χ0v) is 15.7.